The Hall–Kier alpha value is -1.26. The number of hydrogen-bond donors (Lipinski definition) is 2. The van der Waals surface area contributed by atoms with Crippen LogP contribution in [0.15, 0.2) is 0 Å². The van der Waals surface area contributed by atoms with Gasteiger partial charge in [-0.15, -0.1) is 0 Å². The van der Waals surface area contributed by atoms with E-state index in [2.05, 4.69) is 22.3 Å². The molecule has 0 spiro atoms. The first-order chi connectivity index (χ1) is 8.02. The number of unbranched alkanes of at least 4 members (excludes halogenated alkanes) is 2. The number of methoxy groups -OCH3 is 1. The van der Waals surface area contributed by atoms with E-state index in [1.54, 1.807) is 0 Å². The van der Waals surface area contributed by atoms with E-state index in [0.29, 0.717) is 6.54 Å². The third-order valence-corrected chi connectivity index (χ3v) is 2.47. The highest BCUT2D eigenvalue weighted by Gasteiger charge is 2.24. The number of hydrogen-bond acceptors (Lipinski definition) is 3. The number of esters is 1. The van der Waals surface area contributed by atoms with Gasteiger partial charge in [-0.25, -0.2) is 9.59 Å². The van der Waals surface area contributed by atoms with E-state index in [4.69, 9.17) is 0 Å². The van der Waals surface area contributed by atoms with Gasteiger partial charge in [0.15, 0.2) is 0 Å². The standard InChI is InChI=1S/C12H24N2O3/c1-5-6-7-8-13-12(16)14-10(9(2)3)11(15)17-4/h9-10H,5-8H2,1-4H3,(H2,13,14,16)/t10-/m0/s1. The maximum absolute atomic E-state index is 11.5. The molecule has 2 amide bonds. The summed E-state index contributed by atoms with van der Waals surface area (Å²) in [5.74, 6) is -0.410. The molecule has 0 unspecified atom stereocenters. The van der Waals surface area contributed by atoms with Crippen LogP contribution >= 0.6 is 0 Å². The summed E-state index contributed by atoms with van der Waals surface area (Å²) in [6, 6.07) is -0.906. The molecule has 0 aliphatic carbocycles. The van der Waals surface area contributed by atoms with Gasteiger partial charge in [0.2, 0.25) is 0 Å². The average molecular weight is 244 g/mol. The van der Waals surface area contributed by atoms with Crippen molar-refractivity contribution < 1.29 is 14.3 Å². The second kappa shape index (κ2) is 8.84. The lowest BCUT2D eigenvalue weighted by Crippen LogP contribution is -2.49. The monoisotopic (exact) mass is 244 g/mol. The van der Waals surface area contributed by atoms with Crippen LogP contribution in [0.1, 0.15) is 40.0 Å². The molecule has 0 aliphatic rings. The fourth-order valence-electron chi connectivity index (χ4n) is 1.39. The van der Waals surface area contributed by atoms with Gasteiger partial charge in [0.05, 0.1) is 7.11 Å². The largest absolute Gasteiger partial charge is 0.467 e. The van der Waals surface area contributed by atoms with Crippen LogP contribution in [0.4, 0.5) is 4.79 Å². The highest BCUT2D eigenvalue weighted by atomic mass is 16.5. The van der Waals surface area contributed by atoms with Gasteiger partial charge < -0.3 is 15.4 Å². The maximum Gasteiger partial charge on any atom is 0.328 e. The van der Waals surface area contributed by atoms with E-state index in [9.17, 15) is 9.59 Å². The van der Waals surface area contributed by atoms with Gasteiger partial charge in [0.25, 0.3) is 0 Å². The summed E-state index contributed by atoms with van der Waals surface area (Å²) in [6.45, 7) is 6.45. The molecular formula is C12H24N2O3. The Bertz CT molecular complexity index is 242. The Morgan fingerprint density at radius 3 is 2.35 bits per heavy atom. The predicted molar refractivity (Wildman–Crippen MR) is 66.7 cm³/mol. The topological polar surface area (TPSA) is 67.4 Å². The summed E-state index contributed by atoms with van der Waals surface area (Å²) in [4.78, 5) is 22.9. The molecule has 5 nitrogen and oxygen atoms in total. The number of rotatable bonds is 7. The van der Waals surface area contributed by atoms with Crippen LogP contribution < -0.4 is 10.6 Å². The molecule has 5 heteroatoms. The zero-order valence-electron chi connectivity index (χ0n) is 11.2. The number of nitrogens with one attached hydrogen (secondary N) is 2. The summed E-state index contributed by atoms with van der Waals surface area (Å²) >= 11 is 0. The quantitative estimate of drug-likeness (QED) is 0.529. The molecule has 0 fully saturated rings. The van der Waals surface area contributed by atoms with Gasteiger partial charge in [-0.1, -0.05) is 33.6 Å². The molecular weight excluding hydrogens is 220 g/mol. The minimum Gasteiger partial charge on any atom is -0.467 e. The van der Waals surface area contributed by atoms with Crippen molar-refractivity contribution in [2.45, 2.75) is 46.1 Å². The smallest absolute Gasteiger partial charge is 0.328 e. The molecule has 0 aromatic rings. The van der Waals surface area contributed by atoms with Crippen LogP contribution in [-0.4, -0.2) is 31.7 Å². The van der Waals surface area contributed by atoms with Gasteiger partial charge in [-0.2, -0.15) is 0 Å². The zero-order valence-corrected chi connectivity index (χ0v) is 11.2. The lowest BCUT2D eigenvalue weighted by molar-refractivity contribution is -0.143. The summed E-state index contributed by atoms with van der Waals surface area (Å²) < 4.78 is 4.64. The van der Waals surface area contributed by atoms with Crippen molar-refractivity contribution in [2.24, 2.45) is 5.92 Å². The van der Waals surface area contributed by atoms with Gasteiger partial charge >= 0.3 is 12.0 Å². The number of ether oxygens (including phenoxy) is 1. The lowest BCUT2D eigenvalue weighted by atomic mass is 10.1. The van der Waals surface area contributed by atoms with Crippen molar-refractivity contribution in [1.29, 1.82) is 0 Å². The Morgan fingerprint density at radius 1 is 1.24 bits per heavy atom. The molecule has 0 saturated carbocycles. The highest BCUT2D eigenvalue weighted by molar-refractivity contribution is 5.83. The Kier molecular flexibility index (Phi) is 8.19. The van der Waals surface area contributed by atoms with Crippen LogP contribution in [-0.2, 0) is 9.53 Å². The zero-order chi connectivity index (χ0) is 13.3. The molecule has 0 aliphatic heterocycles. The van der Waals surface area contributed by atoms with Crippen molar-refractivity contribution in [3.63, 3.8) is 0 Å². The van der Waals surface area contributed by atoms with Gasteiger partial charge in [0.1, 0.15) is 6.04 Å². The first-order valence-electron chi connectivity index (χ1n) is 6.15. The molecule has 0 aromatic heterocycles. The summed E-state index contributed by atoms with van der Waals surface area (Å²) in [5, 5.41) is 5.34. The van der Waals surface area contributed by atoms with Crippen molar-refractivity contribution >= 4 is 12.0 Å². The molecule has 1 atom stereocenters. The van der Waals surface area contributed by atoms with E-state index in [-0.39, 0.29) is 11.9 Å². The molecule has 0 heterocycles. The van der Waals surface area contributed by atoms with Crippen molar-refractivity contribution in [2.75, 3.05) is 13.7 Å². The summed E-state index contributed by atoms with van der Waals surface area (Å²) in [7, 11) is 1.32. The van der Waals surface area contributed by atoms with E-state index in [1.807, 2.05) is 13.8 Å². The molecule has 0 rings (SSSR count). The van der Waals surface area contributed by atoms with Crippen LogP contribution in [0, 0.1) is 5.92 Å². The second-order valence-corrected chi connectivity index (χ2v) is 4.35. The fourth-order valence-corrected chi connectivity index (χ4v) is 1.39. The van der Waals surface area contributed by atoms with Crippen molar-refractivity contribution in [1.82, 2.24) is 10.6 Å². The van der Waals surface area contributed by atoms with Gasteiger partial charge in [-0.3, -0.25) is 0 Å². The van der Waals surface area contributed by atoms with Crippen LogP contribution in [0.25, 0.3) is 0 Å². The maximum atomic E-state index is 11.5. The summed E-state index contributed by atoms with van der Waals surface area (Å²) in [6.07, 6.45) is 3.15. The van der Waals surface area contributed by atoms with E-state index < -0.39 is 12.0 Å². The number of urea groups is 1. The number of carbonyl (C=O) groups excluding carboxylic acids is 2. The molecule has 0 saturated heterocycles. The number of carbonyl (C=O) groups is 2. The van der Waals surface area contributed by atoms with E-state index in [1.165, 1.54) is 7.11 Å². The first-order valence-corrected chi connectivity index (χ1v) is 6.15. The highest BCUT2D eigenvalue weighted by Crippen LogP contribution is 2.03. The van der Waals surface area contributed by atoms with Gasteiger partial charge in [0, 0.05) is 6.54 Å². The molecule has 0 aromatic carbocycles. The molecule has 2 N–H and O–H groups in total. The van der Waals surface area contributed by atoms with Crippen LogP contribution in [0.5, 0.6) is 0 Å². The molecule has 17 heavy (non-hydrogen) atoms. The average Bonchev–Trinajstić information content (AvgIpc) is 2.30. The third-order valence-electron chi connectivity index (χ3n) is 2.47. The van der Waals surface area contributed by atoms with E-state index in [0.717, 1.165) is 19.3 Å². The third kappa shape index (κ3) is 6.81. The predicted octanol–water partition coefficient (Wildman–Crippen LogP) is 1.67. The minimum absolute atomic E-state index is 0.00356. The van der Waals surface area contributed by atoms with Crippen molar-refractivity contribution in [3.05, 3.63) is 0 Å². The van der Waals surface area contributed by atoms with Crippen molar-refractivity contribution in [3.8, 4) is 0 Å². The Labute approximate surface area is 103 Å². The first kappa shape index (κ1) is 15.7. The van der Waals surface area contributed by atoms with E-state index >= 15 is 0 Å². The molecule has 0 bridgehead atoms. The Morgan fingerprint density at radius 2 is 1.88 bits per heavy atom. The normalized spacial score (nSPS) is 12.1. The van der Waals surface area contributed by atoms with Gasteiger partial charge in [-0.05, 0) is 12.3 Å². The fraction of sp³-hybridized carbons (Fsp3) is 0.833. The lowest BCUT2D eigenvalue weighted by Gasteiger charge is -2.19. The second-order valence-electron chi connectivity index (χ2n) is 4.35. The minimum atomic E-state index is -0.592. The molecule has 100 valence electrons. The van der Waals surface area contributed by atoms with Crippen LogP contribution in [0.2, 0.25) is 0 Å². The number of amides is 2. The van der Waals surface area contributed by atoms with Crippen LogP contribution in [0.3, 0.4) is 0 Å². The molecule has 0 radical (unpaired) electrons. The summed E-state index contributed by atoms with van der Waals surface area (Å²) in [5.41, 5.74) is 0. The SMILES string of the molecule is CCCCCNC(=O)N[C@H](C(=O)OC)C(C)C. The Balaban J connectivity index is 4.00.